The molecular weight excluding hydrogens is 370 g/mol. The highest BCUT2D eigenvalue weighted by Crippen LogP contribution is 2.31. The first-order chi connectivity index (χ1) is 14.1. The van der Waals surface area contributed by atoms with Gasteiger partial charge in [-0.1, -0.05) is 36.4 Å². The molecule has 0 unspecified atom stereocenters. The third-order valence-corrected chi connectivity index (χ3v) is 5.34. The van der Waals surface area contributed by atoms with E-state index in [1.54, 1.807) is 24.3 Å². The number of carbonyl (C=O) groups is 1. The van der Waals surface area contributed by atoms with E-state index < -0.39 is 0 Å². The Labute approximate surface area is 169 Å². The number of nitrogens with zero attached hydrogens (tertiary/aromatic N) is 2. The molecule has 5 heteroatoms. The maximum Gasteiger partial charge on any atom is 0.227 e. The molecule has 0 N–H and O–H groups in total. The first-order valence-electron chi connectivity index (χ1n) is 9.83. The third-order valence-electron chi connectivity index (χ3n) is 5.34. The Kier molecular flexibility index (Phi) is 5.65. The van der Waals surface area contributed by atoms with Crippen molar-refractivity contribution in [1.29, 1.82) is 0 Å². The minimum atomic E-state index is -0.309. The predicted molar refractivity (Wildman–Crippen MR) is 107 cm³/mol. The van der Waals surface area contributed by atoms with Gasteiger partial charge in [0.1, 0.15) is 11.6 Å². The highest BCUT2D eigenvalue weighted by Gasteiger charge is 2.30. The molecule has 1 atom stereocenters. The molecule has 1 amide bonds. The fourth-order valence-corrected chi connectivity index (χ4v) is 3.87. The third kappa shape index (κ3) is 4.50. The lowest BCUT2D eigenvalue weighted by molar-refractivity contribution is -0.131. The molecular formula is C24H22F2N2O. The maximum atomic E-state index is 14.0. The minimum absolute atomic E-state index is 0.0143. The van der Waals surface area contributed by atoms with Crippen LogP contribution in [-0.2, 0) is 17.6 Å². The van der Waals surface area contributed by atoms with Crippen molar-refractivity contribution in [3.05, 3.63) is 101 Å². The maximum absolute atomic E-state index is 14.0. The summed E-state index contributed by atoms with van der Waals surface area (Å²) >= 11 is 0. The fourth-order valence-electron chi connectivity index (χ4n) is 3.87. The Morgan fingerprint density at radius 1 is 1.00 bits per heavy atom. The second-order valence-electron chi connectivity index (χ2n) is 7.37. The van der Waals surface area contributed by atoms with Gasteiger partial charge in [0.05, 0.1) is 18.2 Å². The van der Waals surface area contributed by atoms with Gasteiger partial charge in [0, 0.05) is 18.7 Å². The summed E-state index contributed by atoms with van der Waals surface area (Å²) in [5.41, 5.74) is 3.02. The zero-order chi connectivity index (χ0) is 20.2. The van der Waals surface area contributed by atoms with E-state index in [4.69, 9.17) is 4.98 Å². The van der Waals surface area contributed by atoms with Gasteiger partial charge in [-0.15, -0.1) is 0 Å². The molecule has 0 spiro atoms. The van der Waals surface area contributed by atoms with Crippen LogP contribution in [0.3, 0.4) is 0 Å². The summed E-state index contributed by atoms with van der Waals surface area (Å²) in [6.07, 6.45) is 2.42. The summed E-state index contributed by atoms with van der Waals surface area (Å²) in [5.74, 6) is -0.534. The molecule has 2 aromatic carbocycles. The zero-order valence-electron chi connectivity index (χ0n) is 16.0. The molecule has 1 saturated heterocycles. The number of aromatic nitrogens is 1. The van der Waals surface area contributed by atoms with Crippen LogP contribution in [0.5, 0.6) is 0 Å². The normalized spacial score (nSPS) is 16.2. The highest BCUT2D eigenvalue weighted by atomic mass is 19.1. The molecule has 0 aliphatic carbocycles. The van der Waals surface area contributed by atoms with E-state index in [9.17, 15) is 13.6 Å². The molecule has 1 aliphatic rings. The zero-order valence-corrected chi connectivity index (χ0v) is 16.0. The van der Waals surface area contributed by atoms with Gasteiger partial charge in [-0.3, -0.25) is 9.78 Å². The predicted octanol–water partition coefficient (Wildman–Crippen LogP) is 4.86. The largest absolute Gasteiger partial charge is 0.334 e. The second-order valence-corrected chi connectivity index (χ2v) is 7.37. The molecule has 1 fully saturated rings. The van der Waals surface area contributed by atoms with Crippen molar-refractivity contribution in [2.45, 2.75) is 31.7 Å². The van der Waals surface area contributed by atoms with Crippen LogP contribution in [0.4, 0.5) is 8.78 Å². The molecule has 0 saturated carbocycles. The lowest BCUT2D eigenvalue weighted by atomic mass is 10.1. The first-order valence-corrected chi connectivity index (χ1v) is 9.83. The molecule has 148 valence electrons. The average Bonchev–Trinajstić information content (AvgIpc) is 3.22. The lowest BCUT2D eigenvalue weighted by Gasteiger charge is -2.25. The van der Waals surface area contributed by atoms with E-state index in [-0.39, 0.29) is 30.0 Å². The molecule has 1 aliphatic heterocycles. The molecule has 2 heterocycles. The number of likely N-dealkylation sites (tertiary alicyclic amines) is 1. The number of rotatable bonds is 5. The summed E-state index contributed by atoms with van der Waals surface area (Å²) in [5, 5.41) is 0. The number of hydrogen-bond donors (Lipinski definition) is 0. The van der Waals surface area contributed by atoms with Gasteiger partial charge in [0.25, 0.3) is 0 Å². The van der Waals surface area contributed by atoms with E-state index >= 15 is 0 Å². The van der Waals surface area contributed by atoms with Crippen LogP contribution in [0.2, 0.25) is 0 Å². The van der Waals surface area contributed by atoms with Gasteiger partial charge in [-0.2, -0.15) is 0 Å². The summed E-state index contributed by atoms with van der Waals surface area (Å²) in [6.45, 7) is 0.684. The number of pyridine rings is 1. The van der Waals surface area contributed by atoms with Crippen LogP contribution in [0.1, 0.15) is 41.4 Å². The van der Waals surface area contributed by atoms with E-state index in [0.717, 1.165) is 29.8 Å². The van der Waals surface area contributed by atoms with E-state index in [0.29, 0.717) is 18.5 Å². The van der Waals surface area contributed by atoms with Gasteiger partial charge in [0.15, 0.2) is 0 Å². The van der Waals surface area contributed by atoms with Crippen molar-refractivity contribution in [2.75, 3.05) is 6.54 Å². The smallest absolute Gasteiger partial charge is 0.227 e. The number of halogens is 2. The Morgan fingerprint density at radius 3 is 2.59 bits per heavy atom. The van der Waals surface area contributed by atoms with Crippen LogP contribution in [0, 0.1) is 11.6 Å². The molecule has 1 aromatic heterocycles. The molecule has 29 heavy (non-hydrogen) atoms. The minimum Gasteiger partial charge on any atom is -0.334 e. The van der Waals surface area contributed by atoms with Crippen LogP contribution in [-0.4, -0.2) is 22.3 Å². The monoisotopic (exact) mass is 392 g/mol. The SMILES string of the molecule is O=C(Cc1ccc(F)cc1)N1CCC[C@H]1c1cccc(Cc2ccccc2F)n1. The van der Waals surface area contributed by atoms with Crippen molar-refractivity contribution in [1.82, 2.24) is 9.88 Å². The van der Waals surface area contributed by atoms with E-state index in [1.807, 2.05) is 29.2 Å². The van der Waals surface area contributed by atoms with E-state index in [2.05, 4.69) is 0 Å². The Balaban J connectivity index is 1.50. The van der Waals surface area contributed by atoms with Crippen molar-refractivity contribution in [3.63, 3.8) is 0 Å². The molecule has 0 radical (unpaired) electrons. The Bertz CT molecular complexity index is 1000. The van der Waals surface area contributed by atoms with Gasteiger partial charge in [-0.05, 0) is 54.3 Å². The van der Waals surface area contributed by atoms with E-state index in [1.165, 1.54) is 18.2 Å². The van der Waals surface area contributed by atoms with Crippen molar-refractivity contribution in [3.8, 4) is 0 Å². The molecule has 0 bridgehead atoms. The van der Waals surface area contributed by atoms with Crippen LogP contribution < -0.4 is 0 Å². The number of hydrogen-bond acceptors (Lipinski definition) is 2. The standard InChI is InChI=1S/C24H22F2N2O/c25-19-12-10-17(11-13-19)15-24(29)28-14-4-9-23(28)22-8-3-6-20(27-22)16-18-5-1-2-7-21(18)26/h1-3,5-8,10-13,23H,4,9,14-16H2/t23-/m0/s1. The Morgan fingerprint density at radius 2 is 1.79 bits per heavy atom. The molecule has 3 nitrogen and oxygen atoms in total. The van der Waals surface area contributed by atoms with Crippen LogP contribution in [0.15, 0.2) is 66.7 Å². The highest BCUT2D eigenvalue weighted by molar-refractivity contribution is 5.79. The molecule has 3 aromatic rings. The van der Waals surface area contributed by atoms with Gasteiger partial charge in [-0.25, -0.2) is 8.78 Å². The lowest BCUT2D eigenvalue weighted by Crippen LogP contribution is -2.32. The van der Waals surface area contributed by atoms with Crippen LogP contribution >= 0.6 is 0 Å². The number of amides is 1. The van der Waals surface area contributed by atoms with Crippen LogP contribution in [0.25, 0.3) is 0 Å². The van der Waals surface area contributed by atoms with Crippen molar-refractivity contribution >= 4 is 5.91 Å². The van der Waals surface area contributed by atoms with Gasteiger partial charge >= 0.3 is 0 Å². The number of benzene rings is 2. The van der Waals surface area contributed by atoms with Crippen molar-refractivity contribution < 1.29 is 13.6 Å². The molecule has 4 rings (SSSR count). The summed E-state index contributed by atoms with van der Waals surface area (Å²) in [7, 11) is 0. The quantitative estimate of drug-likeness (QED) is 0.621. The van der Waals surface area contributed by atoms with Crippen molar-refractivity contribution in [2.24, 2.45) is 0 Å². The first kappa shape index (κ1) is 19.2. The number of carbonyl (C=O) groups excluding carboxylic acids is 1. The summed E-state index contributed by atoms with van der Waals surface area (Å²) < 4.78 is 27.1. The Hall–Kier alpha value is -3.08. The summed E-state index contributed by atoms with van der Waals surface area (Å²) in [6, 6.07) is 18.4. The summed E-state index contributed by atoms with van der Waals surface area (Å²) in [4.78, 5) is 19.5. The topological polar surface area (TPSA) is 33.2 Å². The van der Waals surface area contributed by atoms with Gasteiger partial charge < -0.3 is 4.90 Å². The average molecular weight is 392 g/mol. The fraction of sp³-hybridized carbons (Fsp3) is 0.250. The van der Waals surface area contributed by atoms with Gasteiger partial charge in [0.2, 0.25) is 5.91 Å². The second kappa shape index (κ2) is 8.52.